The van der Waals surface area contributed by atoms with Gasteiger partial charge in [0, 0.05) is 6.42 Å². The summed E-state index contributed by atoms with van der Waals surface area (Å²) >= 11 is 0. The third kappa shape index (κ3) is 4.49. The minimum atomic E-state index is -2.44. The van der Waals surface area contributed by atoms with Crippen molar-refractivity contribution in [3.8, 4) is 0 Å². The predicted octanol–water partition coefficient (Wildman–Crippen LogP) is 2.34. The minimum Gasteiger partial charge on any atom is -0.375 e. The van der Waals surface area contributed by atoms with E-state index >= 15 is 0 Å². The topological polar surface area (TPSA) is 60.2 Å². The van der Waals surface area contributed by atoms with Crippen LogP contribution in [0.4, 0.5) is 8.78 Å². The van der Waals surface area contributed by atoms with E-state index in [0.29, 0.717) is 24.1 Å². The number of ether oxygens (including phenoxy) is 1. The van der Waals surface area contributed by atoms with E-state index in [4.69, 9.17) is 9.26 Å². The molecule has 1 aliphatic rings. The van der Waals surface area contributed by atoms with Crippen molar-refractivity contribution < 1.29 is 18.0 Å². The summed E-state index contributed by atoms with van der Waals surface area (Å²) in [6.07, 6.45) is 1.28. The molecule has 0 aliphatic carbocycles. The maximum absolute atomic E-state index is 11.9. The lowest BCUT2D eigenvalue weighted by Crippen LogP contribution is -2.31. The van der Waals surface area contributed by atoms with E-state index in [1.54, 1.807) is 0 Å². The van der Waals surface area contributed by atoms with Gasteiger partial charge in [-0.15, -0.1) is 0 Å². The van der Waals surface area contributed by atoms with E-state index in [0.717, 1.165) is 19.4 Å². The molecule has 114 valence electrons. The third-order valence-electron chi connectivity index (χ3n) is 3.59. The van der Waals surface area contributed by atoms with Gasteiger partial charge in [0.05, 0.1) is 12.6 Å². The Morgan fingerprint density at radius 1 is 1.50 bits per heavy atom. The van der Waals surface area contributed by atoms with Crippen LogP contribution in [0.1, 0.15) is 43.9 Å². The smallest absolute Gasteiger partial charge is 0.261 e. The highest BCUT2D eigenvalue weighted by Crippen LogP contribution is 2.28. The van der Waals surface area contributed by atoms with Crippen molar-refractivity contribution in [3.05, 3.63) is 11.7 Å². The summed E-state index contributed by atoms with van der Waals surface area (Å²) in [4.78, 5) is 4.31. The Hall–Kier alpha value is -1.08. The Morgan fingerprint density at radius 2 is 2.35 bits per heavy atom. The number of nitrogens with one attached hydrogen (secondary N) is 1. The summed E-state index contributed by atoms with van der Waals surface area (Å²) < 4.78 is 33.8. The summed E-state index contributed by atoms with van der Waals surface area (Å²) in [5, 5.41) is 7.23. The van der Waals surface area contributed by atoms with E-state index in [1.807, 2.05) is 0 Å². The molecule has 1 aliphatic heterocycles. The van der Waals surface area contributed by atoms with Crippen LogP contribution in [0.5, 0.6) is 0 Å². The van der Waals surface area contributed by atoms with Gasteiger partial charge in [0.2, 0.25) is 5.89 Å². The van der Waals surface area contributed by atoms with Gasteiger partial charge in [-0.1, -0.05) is 18.5 Å². The van der Waals surface area contributed by atoms with Gasteiger partial charge >= 0.3 is 0 Å². The fraction of sp³-hybridized carbons (Fsp3) is 0.846. The van der Waals surface area contributed by atoms with Crippen LogP contribution in [0.15, 0.2) is 4.52 Å². The van der Waals surface area contributed by atoms with Crippen LogP contribution in [0.2, 0.25) is 0 Å². The molecule has 7 heteroatoms. The van der Waals surface area contributed by atoms with Crippen LogP contribution < -0.4 is 5.32 Å². The van der Waals surface area contributed by atoms with Crippen molar-refractivity contribution in [2.24, 2.45) is 5.92 Å². The Labute approximate surface area is 117 Å². The van der Waals surface area contributed by atoms with Gasteiger partial charge in [-0.2, -0.15) is 4.98 Å². The molecule has 2 heterocycles. The number of hydrogen-bond donors (Lipinski definition) is 1. The van der Waals surface area contributed by atoms with Crippen LogP contribution in [-0.4, -0.2) is 36.3 Å². The third-order valence-corrected chi connectivity index (χ3v) is 3.59. The van der Waals surface area contributed by atoms with Crippen molar-refractivity contribution in [3.63, 3.8) is 0 Å². The van der Waals surface area contributed by atoms with Gasteiger partial charge in [0.25, 0.3) is 6.43 Å². The largest absolute Gasteiger partial charge is 0.375 e. The predicted molar refractivity (Wildman–Crippen MR) is 68.6 cm³/mol. The highest BCUT2D eigenvalue weighted by molar-refractivity contribution is 4.95. The highest BCUT2D eigenvalue weighted by atomic mass is 19.3. The molecular weight excluding hydrogens is 268 g/mol. The Kier molecular flexibility index (Phi) is 5.85. The molecule has 0 amide bonds. The van der Waals surface area contributed by atoms with E-state index in [2.05, 4.69) is 22.4 Å². The SMILES string of the molecule is CCC1CCNC(c2nc(CCOCC(F)F)no2)C1. The molecule has 0 aromatic carbocycles. The number of alkyl halides is 2. The number of nitrogens with zero attached hydrogens (tertiary/aromatic N) is 2. The molecule has 2 unspecified atom stereocenters. The molecule has 1 fully saturated rings. The van der Waals surface area contributed by atoms with Crippen LogP contribution in [0.25, 0.3) is 0 Å². The quantitative estimate of drug-likeness (QED) is 0.781. The molecule has 0 radical (unpaired) electrons. The van der Waals surface area contributed by atoms with E-state index in [9.17, 15) is 8.78 Å². The molecule has 20 heavy (non-hydrogen) atoms. The maximum Gasteiger partial charge on any atom is 0.261 e. The van der Waals surface area contributed by atoms with Crippen LogP contribution >= 0.6 is 0 Å². The zero-order valence-corrected chi connectivity index (χ0v) is 11.6. The summed E-state index contributed by atoms with van der Waals surface area (Å²) in [6.45, 7) is 2.77. The number of rotatable bonds is 7. The number of piperidine rings is 1. The van der Waals surface area contributed by atoms with Crippen molar-refractivity contribution in [2.75, 3.05) is 19.8 Å². The summed E-state index contributed by atoms with van der Waals surface area (Å²) in [5.41, 5.74) is 0. The number of halogens is 2. The number of hydrogen-bond acceptors (Lipinski definition) is 5. The molecule has 1 N–H and O–H groups in total. The zero-order chi connectivity index (χ0) is 14.4. The molecule has 1 aromatic rings. The fourth-order valence-corrected chi connectivity index (χ4v) is 2.40. The van der Waals surface area contributed by atoms with Crippen molar-refractivity contribution >= 4 is 0 Å². The molecule has 1 saturated heterocycles. The second-order valence-electron chi connectivity index (χ2n) is 5.07. The van der Waals surface area contributed by atoms with Crippen molar-refractivity contribution in [2.45, 2.75) is 45.1 Å². The molecule has 0 spiro atoms. The van der Waals surface area contributed by atoms with Crippen molar-refractivity contribution in [1.29, 1.82) is 0 Å². The molecular formula is C13H21F2N3O2. The molecule has 0 bridgehead atoms. The Morgan fingerprint density at radius 3 is 3.10 bits per heavy atom. The molecule has 2 rings (SSSR count). The lowest BCUT2D eigenvalue weighted by atomic mass is 9.90. The first-order valence-corrected chi connectivity index (χ1v) is 7.10. The van der Waals surface area contributed by atoms with Crippen LogP contribution in [0.3, 0.4) is 0 Å². The lowest BCUT2D eigenvalue weighted by Gasteiger charge is -2.27. The molecule has 5 nitrogen and oxygen atoms in total. The van der Waals surface area contributed by atoms with Gasteiger partial charge in [0.15, 0.2) is 5.82 Å². The molecule has 1 aromatic heterocycles. The van der Waals surface area contributed by atoms with E-state index in [1.165, 1.54) is 6.42 Å². The van der Waals surface area contributed by atoms with Crippen molar-refractivity contribution in [1.82, 2.24) is 15.5 Å². The number of aromatic nitrogens is 2. The van der Waals surface area contributed by atoms with Gasteiger partial charge in [-0.05, 0) is 25.3 Å². The Bertz CT molecular complexity index is 401. The van der Waals surface area contributed by atoms with Crippen LogP contribution in [-0.2, 0) is 11.2 Å². The average Bonchev–Trinajstić information content (AvgIpc) is 2.92. The highest BCUT2D eigenvalue weighted by Gasteiger charge is 2.25. The first-order chi connectivity index (χ1) is 9.69. The average molecular weight is 289 g/mol. The fourth-order valence-electron chi connectivity index (χ4n) is 2.40. The van der Waals surface area contributed by atoms with E-state index < -0.39 is 13.0 Å². The summed E-state index contributed by atoms with van der Waals surface area (Å²) in [7, 11) is 0. The zero-order valence-electron chi connectivity index (χ0n) is 11.6. The molecule has 2 atom stereocenters. The van der Waals surface area contributed by atoms with Gasteiger partial charge in [0.1, 0.15) is 6.61 Å². The van der Waals surface area contributed by atoms with E-state index in [-0.39, 0.29) is 12.6 Å². The normalized spacial score (nSPS) is 23.4. The minimum absolute atomic E-state index is 0.108. The second-order valence-corrected chi connectivity index (χ2v) is 5.07. The Balaban J connectivity index is 1.79. The van der Waals surface area contributed by atoms with Gasteiger partial charge in [-0.25, -0.2) is 8.78 Å². The van der Waals surface area contributed by atoms with Gasteiger partial charge < -0.3 is 14.6 Å². The summed E-state index contributed by atoms with van der Waals surface area (Å²) in [6, 6.07) is 0.108. The first kappa shape index (κ1) is 15.3. The second kappa shape index (κ2) is 7.64. The molecule has 0 saturated carbocycles. The summed E-state index contributed by atoms with van der Waals surface area (Å²) in [5.74, 6) is 1.78. The maximum atomic E-state index is 11.9. The van der Waals surface area contributed by atoms with Gasteiger partial charge in [-0.3, -0.25) is 0 Å². The standard InChI is InChI=1S/C13H21F2N3O2/c1-2-9-3-5-16-10(7-9)13-17-12(18-20-13)4-6-19-8-11(14)15/h9-11,16H,2-8H2,1H3. The van der Waals surface area contributed by atoms with Crippen LogP contribution in [0, 0.1) is 5.92 Å². The first-order valence-electron chi connectivity index (χ1n) is 7.10. The lowest BCUT2D eigenvalue weighted by molar-refractivity contribution is 0.0182. The monoisotopic (exact) mass is 289 g/mol.